The maximum atomic E-state index is 3.71. The first kappa shape index (κ1) is 10.7. The molecule has 0 N–H and O–H groups in total. The van der Waals surface area contributed by atoms with Gasteiger partial charge >= 0.3 is 0 Å². The van der Waals surface area contributed by atoms with Crippen molar-refractivity contribution in [3.05, 3.63) is 12.7 Å². The lowest BCUT2D eigenvalue weighted by Gasteiger charge is -2.14. The third kappa shape index (κ3) is 4.47. The third-order valence-electron chi connectivity index (χ3n) is 0.520. The van der Waals surface area contributed by atoms with Crippen molar-refractivity contribution in [2.24, 2.45) is 0 Å². The molecule has 1 unspecified atom stereocenters. The Morgan fingerprint density at radius 1 is 1.38 bits per heavy atom. The van der Waals surface area contributed by atoms with Crippen LogP contribution < -0.4 is 0 Å². The first-order valence-corrected chi connectivity index (χ1v) is 6.30. The molecule has 48 valence electrons. The summed E-state index contributed by atoms with van der Waals surface area (Å²) in [5.41, 5.74) is 0. The topological polar surface area (TPSA) is 0 Å². The van der Waals surface area contributed by atoms with Gasteiger partial charge in [0.05, 0.1) is 3.92 Å². The highest BCUT2D eigenvalue weighted by atomic mass is 127. The van der Waals surface area contributed by atoms with E-state index in [0.29, 0.717) is 3.92 Å². The lowest BCUT2D eigenvalue weighted by molar-refractivity contribution is 1.31. The van der Waals surface area contributed by atoms with E-state index in [9.17, 15) is 0 Å². The van der Waals surface area contributed by atoms with E-state index < -0.39 is 0 Å². The lowest BCUT2D eigenvalue weighted by atomic mass is 10.5. The Bertz CT molecular complexity index is 82.5. The maximum absolute atomic E-state index is 3.71. The van der Waals surface area contributed by atoms with Gasteiger partial charge in [0, 0.05) is 0 Å². The molecule has 0 bridgehead atoms. The molecule has 0 aromatic rings. The molecule has 0 saturated heterocycles. The molecule has 0 radical (unpaired) electrons. The van der Waals surface area contributed by atoms with Crippen LogP contribution in [0.4, 0.5) is 0 Å². The minimum Gasteiger partial charge on any atom is -0.102 e. The Labute approximate surface area is 104 Å². The molecule has 0 aliphatic carbocycles. The van der Waals surface area contributed by atoms with Gasteiger partial charge < -0.3 is 0 Å². The minimum atomic E-state index is 0.287. The molecule has 1 atom stereocenters. The summed E-state index contributed by atoms with van der Waals surface area (Å²) < 4.78 is 0.831. The number of hydrogen-bond donors (Lipinski definition) is 0. The molecule has 0 aromatic heterocycles. The summed E-state index contributed by atoms with van der Waals surface area (Å²) in [6.45, 7) is 3.71. The number of allylic oxidation sites excluding steroid dienone is 1. The van der Waals surface area contributed by atoms with Gasteiger partial charge in [-0.3, -0.25) is 0 Å². The van der Waals surface area contributed by atoms with Gasteiger partial charge in [-0.05, 0) is 0 Å². The number of rotatable bonds is 2. The molecular formula is C4H4I4. The minimum absolute atomic E-state index is 0.287. The molecule has 0 heterocycles. The van der Waals surface area contributed by atoms with Gasteiger partial charge in [-0.1, -0.05) is 96.4 Å². The smallest absolute Gasteiger partial charge is 0.102 e. The van der Waals surface area contributed by atoms with Gasteiger partial charge in [0.1, 0.15) is -0.565 Å². The zero-order valence-electron chi connectivity index (χ0n) is 3.87. The lowest BCUT2D eigenvalue weighted by Crippen LogP contribution is -2.12. The standard InChI is InChI=1S/C4H4I4/c1-2-3(5)4(6,7)8/h2-3H,1H2. The molecule has 0 nitrogen and oxygen atoms in total. The van der Waals surface area contributed by atoms with E-state index in [4.69, 9.17) is 0 Å². The first-order valence-electron chi connectivity index (χ1n) is 1.82. The van der Waals surface area contributed by atoms with Gasteiger partial charge in [-0.15, -0.1) is 6.58 Å². The molecular weight excluding hydrogens is 556 g/mol. The Morgan fingerprint density at radius 2 is 1.75 bits per heavy atom. The van der Waals surface area contributed by atoms with E-state index in [0.717, 1.165) is 0 Å². The quantitative estimate of drug-likeness (QED) is 0.273. The van der Waals surface area contributed by atoms with E-state index >= 15 is 0 Å². The summed E-state index contributed by atoms with van der Waals surface area (Å²) in [7, 11) is 0. The highest BCUT2D eigenvalue weighted by molar-refractivity contribution is 14.3. The van der Waals surface area contributed by atoms with Crippen molar-refractivity contribution in [3.63, 3.8) is 0 Å². The number of halogens is 4. The fourth-order valence-electron chi connectivity index (χ4n) is 0.134. The molecule has 0 aliphatic rings. The van der Waals surface area contributed by atoms with Crippen LogP contribution in [-0.4, -0.2) is 3.36 Å². The van der Waals surface area contributed by atoms with Gasteiger partial charge in [-0.2, -0.15) is 0 Å². The van der Waals surface area contributed by atoms with Crippen molar-refractivity contribution in [1.82, 2.24) is 0 Å². The molecule has 0 spiro atoms. The van der Waals surface area contributed by atoms with Crippen molar-refractivity contribution < 1.29 is 0 Å². The number of alkyl halides is 4. The SMILES string of the molecule is C=CC(I)C(I)(I)I. The zero-order valence-corrected chi connectivity index (χ0v) is 12.5. The monoisotopic (exact) mass is 560 g/mol. The summed E-state index contributed by atoms with van der Waals surface area (Å²) in [6.07, 6.45) is 1.96. The molecule has 0 saturated carbocycles. The largest absolute Gasteiger partial charge is 0.139 e. The predicted molar refractivity (Wildman–Crippen MR) is 72.8 cm³/mol. The first-order chi connectivity index (χ1) is 3.48. The zero-order chi connectivity index (χ0) is 6.78. The molecule has 8 heavy (non-hydrogen) atoms. The Balaban J connectivity index is 3.80. The fourth-order valence-corrected chi connectivity index (χ4v) is 0.896. The van der Waals surface area contributed by atoms with Crippen LogP contribution in [0, 0.1) is 0 Å². The van der Waals surface area contributed by atoms with Crippen LogP contribution in [0.2, 0.25) is 0 Å². The molecule has 4 heteroatoms. The van der Waals surface area contributed by atoms with Gasteiger partial charge in [-0.25, -0.2) is 0 Å². The van der Waals surface area contributed by atoms with Crippen LogP contribution in [0.5, 0.6) is 0 Å². The second-order valence-corrected chi connectivity index (χ2v) is 13.8. The maximum Gasteiger partial charge on any atom is 0.139 e. The molecule has 0 rings (SSSR count). The highest BCUT2D eigenvalue weighted by Gasteiger charge is 2.24. The molecule has 0 aliphatic heterocycles. The molecule has 0 amide bonds. The second-order valence-electron chi connectivity index (χ2n) is 1.18. The summed E-state index contributed by atoms with van der Waals surface area (Å²) in [4.78, 5) is 0. The third-order valence-corrected chi connectivity index (χ3v) is 7.55. The van der Waals surface area contributed by atoms with Crippen LogP contribution in [-0.2, 0) is 0 Å². The van der Waals surface area contributed by atoms with E-state index in [1.54, 1.807) is 0 Å². The highest BCUT2D eigenvalue weighted by Crippen LogP contribution is 2.42. The van der Waals surface area contributed by atoms with Crippen molar-refractivity contribution in [2.75, 3.05) is 0 Å². The van der Waals surface area contributed by atoms with Crippen molar-refractivity contribution in [2.45, 2.75) is 3.36 Å². The Hall–Kier alpha value is 2.66. The van der Waals surface area contributed by atoms with Crippen molar-refractivity contribution in [3.8, 4) is 0 Å². The number of hydrogen-bond acceptors (Lipinski definition) is 0. The van der Waals surface area contributed by atoms with E-state index in [2.05, 4.69) is 96.9 Å². The van der Waals surface area contributed by atoms with Crippen LogP contribution in [0.1, 0.15) is 0 Å². The molecule has 0 fully saturated rings. The van der Waals surface area contributed by atoms with Crippen LogP contribution in [0.3, 0.4) is 0 Å². The van der Waals surface area contributed by atoms with Gasteiger partial charge in [0.15, 0.2) is 0 Å². The summed E-state index contributed by atoms with van der Waals surface area (Å²) in [6, 6.07) is 0. The summed E-state index contributed by atoms with van der Waals surface area (Å²) in [5, 5.41) is 0. The normalized spacial score (nSPS) is 15.5. The van der Waals surface area contributed by atoms with Crippen molar-refractivity contribution in [1.29, 1.82) is 0 Å². The molecule has 0 aromatic carbocycles. The van der Waals surface area contributed by atoms with Crippen molar-refractivity contribution >= 4 is 90.4 Å². The predicted octanol–water partition coefficient (Wildman–Crippen LogP) is 3.93. The summed E-state index contributed by atoms with van der Waals surface area (Å²) in [5.74, 6) is 0. The van der Waals surface area contributed by atoms with E-state index in [1.165, 1.54) is 0 Å². The average Bonchev–Trinajstić information content (AvgIpc) is 1.62. The van der Waals surface area contributed by atoms with Crippen LogP contribution in [0.25, 0.3) is 0 Å². The second kappa shape index (κ2) is 4.52. The Kier molecular flexibility index (Phi) is 6.02. The average molecular weight is 560 g/mol. The van der Waals surface area contributed by atoms with Gasteiger partial charge in [0.25, 0.3) is 0 Å². The summed E-state index contributed by atoms with van der Waals surface area (Å²) >= 11 is 9.56. The Morgan fingerprint density at radius 3 is 1.75 bits per heavy atom. The van der Waals surface area contributed by atoms with Gasteiger partial charge in [0.2, 0.25) is 0 Å². The van der Waals surface area contributed by atoms with E-state index in [-0.39, 0.29) is -0.565 Å². The fraction of sp³-hybridized carbons (Fsp3) is 0.500. The van der Waals surface area contributed by atoms with Crippen LogP contribution in [0.15, 0.2) is 12.7 Å². The van der Waals surface area contributed by atoms with E-state index in [1.807, 2.05) is 6.08 Å². The van der Waals surface area contributed by atoms with Crippen LogP contribution >= 0.6 is 90.4 Å².